The lowest BCUT2D eigenvalue weighted by Crippen LogP contribution is -2.44. The fraction of sp³-hybridized carbons (Fsp3) is 0.304. The lowest BCUT2D eigenvalue weighted by Gasteiger charge is -2.25. The molecule has 0 bridgehead atoms. The number of hydrogen-bond acceptors (Lipinski definition) is 7. The lowest BCUT2D eigenvalue weighted by molar-refractivity contribution is -0.116. The van der Waals surface area contributed by atoms with Gasteiger partial charge in [0.2, 0.25) is 5.91 Å². The number of carbonyl (C=O) groups is 2. The molecular weight excluding hydrogens is 462 g/mol. The number of hydrogen-bond donors (Lipinski definition) is 1. The molecular formula is C23H23N3O5S2. The van der Waals surface area contributed by atoms with Crippen molar-refractivity contribution in [3.8, 4) is 0 Å². The quantitative estimate of drug-likeness (QED) is 0.570. The van der Waals surface area contributed by atoms with Crippen LogP contribution in [0.4, 0.5) is 10.7 Å². The Kier molecular flexibility index (Phi) is 5.19. The molecule has 8 nitrogen and oxygen atoms in total. The number of carbonyl (C=O) groups excluding carboxylic acids is 2. The number of ether oxygens (including phenoxy) is 1. The van der Waals surface area contributed by atoms with E-state index in [1.807, 2.05) is 19.2 Å². The van der Waals surface area contributed by atoms with E-state index < -0.39 is 27.9 Å². The number of nitrogens with zero attached hydrogens (tertiary/aromatic N) is 2. The summed E-state index contributed by atoms with van der Waals surface area (Å²) < 4.78 is 32.8. The molecule has 2 aromatic carbocycles. The molecule has 2 aliphatic heterocycles. The molecule has 1 atom stereocenters. The van der Waals surface area contributed by atoms with Gasteiger partial charge < -0.3 is 15.0 Å². The molecule has 5 rings (SSSR count). The van der Waals surface area contributed by atoms with Crippen LogP contribution in [0.1, 0.15) is 27.7 Å². The molecule has 1 amide bonds. The summed E-state index contributed by atoms with van der Waals surface area (Å²) in [4.78, 5) is 29.2. The van der Waals surface area contributed by atoms with Crippen molar-refractivity contribution in [1.82, 2.24) is 4.90 Å². The highest BCUT2D eigenvalue weighted by Gasteiger charge is 2.41. The van der Waals surface area contributed by atoms with Gasteiger partial charge >= 0.3 is 5.97 Å². The summed E-state index contributed by atoms with van der Waals surface area (Å²) in [6.07, 6.45) is 0.677. The Morgan fingerprint density at radius 3 is 2.64 bits per heavy atom. The number of thiophene rings is 1. The van der Waals surface area contributed by atoms with E-state index >= 15 is 0 Å². The standard InChI is InChI=1S/C23H23N3O5S2/c1-13(26-16-8-4-6-14-7-5-9-18(19(14)16)33(26,29)30)21(27)24-22-20(23(28)31-3)15-10-11-25(2)12-17(15)32-22/h4-9,13H,10-12H2,1-3H3,(H,24,27)/t13-/m1/s1. The van der Waals surface area contributed by atoms with Crippen molar-refractivity contribution in [3.63, 3.8) is 0 Å². The Labute approximate surface area is 195 Å². The van der Waals surface area contributed by atoms with Crippen LogP contribution in [0.5, 0.6) is 0 Å². The molecule has 0 aliphatic carbocycles. The Balaban J connectivity index is 1.51. The first-order valence-electron chi connectivity index (χ1n) is 10.5. The minimum absolute atomic E-state index is 0.195. The van der Waals surface area contributed by atoms with E-state index in [0.29, 0.717) is 34.6 Å². The average Bonchev–Trinajstić information content (AvgIpc) is 3.25. The molecule has 1 aromatic heterocycles. The van der Waals surface area contributed by atoms with Gasteiger partial charge in [-0.2, -0.15) is 0 Å². The van der Waals surface area contributed by atoms with E-state index in [-0.39, 0.29) is 4.90 Å². The van der Waals surface area contributed by atoms with E-state index in [2.05, 4.69) is 10.2 Å². The van der Waals surface area contributed by atoms with Crippen LogP contribution in [0.2, 0.25) is 0 Å². The van der Waals surface area contributed by atoms with Crippen LogP contribution in [0, 0.1) is 0 Å². The van der Waals surface area contributed by atoms with Gasteiger partial charge in [-0.3, -0.25) is 9.10 Å². The molecule has 1 N–H and O–H groups in total. The zero-order chi connectivity index (χ0) is 23.5. The monoisotopic (exact) mass is 485 g/mol. The Morgan fingerprint density at radius 1 is 1.18 bits per heavy atom. The Morgan fingerprint density at radius 2 is 1.91 bits per heavy atom. The van der Waals surface area contributed by atoms with Crippen molar-refractivity contribution in [1.29, 1.82) is 0 Å². The molecule has 0 spiro atoms. The van der Waals surface area contributed by atoms with Crippen molar-refractivity contribution < 1.29 is 22.7 Å². The summed E-state index contributed by atoms with van der Waals surface area (Å²) in [5.41, 5.74) is 1.73. The summed E-state index contributed by atoms with van der Waals surface area (Å²) in [7, 11) is -0.591. The molecule has 0 unspecified atom stereocenters. The largest absolute Gasteiger partial charge is 0.465 e. The van der Waals surface area contributed by atoms with Crippen LogP contribution in [0.3, 0.4) is 0 Å². The Hall–Kier alpha value is -2.95. The average molecular weight is 486 g/mol. The number of sulfonamides is 1. The van der Waals surface area contributed by atoms with E-state index in [1.165, 1.54) is 22.8 Å². The van der Waals surface area contributed by atoms with Gasteiger partial charge in [-0.25, -0.2) is 13.2 Å². The predicted octanol–water partition coefficient (Wildman–Crippen LogP) is 3.21. The summed E-state index contributed by atoms with van der Waals surface area (Å²) >= 11 is 1.34. The van der Waals surface area contributed by atoms with Crippen LogP contribution in [0.15, 0.2) is 41.3 Å². The first kappa shape index (κ1) is 21.9. The van der Waals surface area contributed by atoms with Gasteiger partial charge in [-0.1, -0.05) is 24.3 Å². The number of anilines is 2. The van der Waals surface area contributed by atoms with Gasteiger partial charge in [-0.05, 0) is 43.5 Å². The van der Waals surface area contributed by atoms with Crippen molar-refractivity contribution in [3.05, 3.63) is 52.4 Å². The van der Waals surface area contributed by atoms with Gasteiger partial charge in [0, 0.05) is 23.4 Å². The molecule has 172 valence electrons. The second-order valence-electron chi connectivity index (χ2n) is 8.28. The molecule has 0 radical (unpaired) electrons. The first-order chi connectivity index (χ1) is 15.7. The van der Waals surface area contributed by atoms with Crippen molar-refractivity contribution >= 4 is 54.7 Å². The van der Waals surface area contributed by atoms with E-state index in [4.69, 9.17) is 4.74 Å². The molecule has 33 heavy (non-hydrogen) atoms. The van der Waals surface area contributed by atoms with Gasteiger partial charge in [0.25, 0.3) is 10.0 Å². The van der Waals surface area contributed by atoms with E-state index in [9.17, 15) is 18.0 Å². The molecule has 0 saturated carbocycles. The van der Waals surface area contributed by atoms with Crippen molar-refractivity contribution in [2.24, 2.45) is 0 Å². The zero-order valence-electron chi connectivity index (χ0n) is 18.4. The highest BCUT2D eigenvalue weighted by molar-refractivity contribution is 7.93. The van der Waals surface area contributed by atoms with Gasteiger partial charge in [-0.15, -0.1) is 11.3 Å². The number of fused-ring (bicyclic) bond motifs is 1. The zero-order valence-corrected chi connectivity index (χ0v) is 20.0. The number of benzene rings is 2. The minimum Gasteiger partial charge on any atom is -0.465 e. The molecule has 3 aromatic rings. The third-order valence-corrected chi connectivity index (χ3v) is 9.28. The molecule has 0 saturated heterocycles. The number of likely N-dealkylation sites (N-methyl/N-ethyl adjacent to an activating group) is 1. The predicted molar refractivity (Wildman–Crippen MR) is 127 cm³/mol. The highest BCUT2D eigenvalue weighted by atomic mass is 32.2. The number of esters is 1. The molecule has 2 aliphatic rings. The van der Waals surface area contributed by atoms with Gasteiger partial charge in [0.05, 0.1) is 23.3 Å². The summed E-state index contributed by atoms with van der Waals surface area (Å²) in [5, 5.41) is 4.63. The third kappa shape index (κ3) is 3.32. The van der Waals surface area contributed by atoms with Crippen LogP contribution in [-0.4, -0.2) is 51.9 Å². The molecule has 3 heterocycles. The fourth-order valence-electron chi connectivity index (χ4n) is 4.60. The second-order valence-corrected chi connectivity index (χ2v) is 11.2. The van der Waals surface area contributed by atoms with Crippen molar-refractivity contribution in [2.45, 2.75) is 30.8 Å². The van der Waals surface area contributed by atoms with E-state index in [1.54, 1.807) is 31.2 Å². The van der Waals surface area contributed by atoms with Gasteiger partial charge in [0.15, 0.2) is 0 Å². The molecule has 0 fully saturated rings. The summed E-state index contributed by atoms with van der Waals surface area (Å²) in [5.74, 6) is -1.02. The van der Waals surface area contributed by atoms with Crippen molar-refractivity contribution in [2.75, 3.05) is 30.3 Å². The highest BCUT2D eigenvalue weighted by Crippen LogP contribution is 2.43. The SMILES string of the molecule is COC(=O)c1c(NC(=O)[C@@H](C)N2c3cccc4cccc(c34)S2(=O)=O)sc2c1CCN(C)C2. The maximum Gasteiger partial charge on any atom is 0.341 e. The normalized spacial score (nSPS) is 17.6. The summed E-state index contributed by atoms with van der Waals surface area (Å²) in [6.45, 7) is 3.02. The summed E-state index contributed by atoms with van der Waals surface area (Å²) in [6, 6.07) is 9.41. The smallest absolute Gasteiger partial charge is 0.341 e. The van der Waals surface area contributed by atoms with E-state index in [0.717, 1.165) is 22.4 Å². The van der Waals surface area contributed by atoms with Crippen LogP contribution in [-0.2, 0) is 32.5 Å². The second kappa shape index (κ2) is 7.82. The first-order valence-corrected chi connectivity index (χ1v) is 12.8. The van der Waals surface area contributed by atoms with Crippen LogP contribution >= 0.6 is 11.3 Å². The maximum atomic E-state index is 13.3. The number of rotatable bonds is 4. The van der Waals surface area contributed by atoms with Gasteiger partial charge in [0.1, 0.15) is 11.0 Å². The van der Waals surface area contributed by atoms with Crippen LogP contribution < -0.4 is 9.62 Å². The number of methoxy groups -OCH3 is 1. The Bertz CT molecular complexity index is 1410. The minimum atomic E-state index is -3.90. The number of nitrogens with one attached hydrogen (secondary N) is 1. The fourth-order valence-corrected chi connectivity index (χ4v) is 7.78. The lowest BCUT2D eigenvalue weighted by atomic mass is 10.0. The third-order valence-electron chi connectivity index (χ3n) is 6.22. The molecule has 10 heteroatoms. The topological polar surface area (TPSA) is 96.0 Å². The number of amides is 1. The maximum absolute atomic E-state index is 13.3. The van der Waals surface area contributed by atoms with Crippen LogP contribution in [0.25, 0.3) is 10.8 Å².